The van der Waals surface area contributed by atoms with Gasteiger partial charge in [-0.3, -0.25) is 4.98 Å². The Labute approximate surface area is 297 Å². The number of pyridine rings is 1. The minimum Gasteiger partial charge on any atom is -0.405 e. The molecule has 6 nitrogen and oxygen atoms in total. The summed E-state index contributed by atoms with van der Waals surface area (Å²) in [6.45, 7) is 2.24. The largest absolute Gasteiger partial charge is 0.405 e. The first kappa shape index (κ1) is 28.0. The zero-order valence-corrected chi connectivity index (χ0v) is 28.5. The first-order valence-corrected chi connectivity index (χ1v) is 18.0. The van der Waals surface area contributed by atoms with Crippen LogP contribution in [0, 0.1) is 6.92 Å². The van der Waals surface area contributed by atoms with Crippen molar-refractivity contribution in [2.75, 3.05) is 0 Å². The Kier molecular flexibility index (Phi) is 5.34. The third-order valence-corrected chi connectivity index (χ3v) is 11.7. The van der Waals surface area contributed by atoms with E-state index in [-0.39, 0.29) is 0 Å². The number of nitrogens with zero attached hydrogens (tertiary/aromatic N) is 5. The Morgan fingerprint density at radius 1 is 0.615 bits per heavy atom. The van der Waals surface area contributed by atoms with E-state index in [0.29, 0.717) is 0 Å². The average Bonchev–Trinajstić information content (AvgIpc) is 3.91. The van der Waals surface area contributed by atoms with Crippen molar-refractivity contribution in [3.05, 3.63) is 150 Å². The number of allylic oxidation sites excluding steroid dienone is 1. The maximum atomic E-state index is 6.12. The Morgan fingerprint density at radius 3 is 1.88 bits per heavy atom. The number of nitrogens with two attached hydrogens (primary N) is 1. The molecule has 0 aliphatic heterocycles. The second-order valence-electron chi connectivity index (χ2n) is 14.1. The zero-order valence-electron chi connectivity index (χ0n) is 28.5. The first-order valence-electron chi connectivity index (χ1n) is 18.0. The van der Waals surface area contributed by atoms with E-state index in [2.05, 4.69) is 151 Å². The van der Waals surface area contributed by atoms with Crippen molar-refractivity contribution >= 4 is 88.6 Å². The lowest BCUT2D eigenvalue weighted by atomic mass is 10.00. The molecule has 6 aromatic heterocycles. The van der Waals surface area contributed by atoms with Gasteiger partial charge in [-0.2, -0.15) is 0 Å². The van der Waals surface area contributed by atoms with Crippen LogP contribution in [-0.2, 0) is 6.42 Å². The van der Waals surface area contributed by atoms with E-state index in [1.165, 1.54) is 93.7 Å². The number of rotatable bonds is 3. The highest BCUT2D eigenvalue weighted by Crippen LogP contribution is 2.46. The number of fused-ring (bicyclic) bond motifs is 12. The van der Waals surface area contributed by atoms with Crippen LogP contribution in [0.25, 0.3) is 100.0 Å². The molecule has 0 bridgehead atoms. The summed E-state index contributed by atoms with van der Waals surface area (Å²) in [6.07, 6.45) is 14.3. The molecule has 246 valence electrons. The van der Waals surface area contributed by atoms with Crippen LogP contribution in [0.4, 0.5) is 0 Å². The third kappa shape index (κ3) is 3.28. The van der Waals surface area contributed by atoms with Crippen molar-refractivity contribution in [2.45, 2.75) is 19.8 Å². The minimum atomic E-state index is 1.03. The van der Waals surface area contributed by atoms with Crippen molar-refractivity contribution in [2.24, 2.45) is 5.73 Å². The van der Waals surface area contributed by atoms with E-state index in [4.69, 9.17) is 5.73 Å². The summed E-state index contributed by atoms with van der Waals surface area (Å²) < 4.78 is 9.91. The summed E-state index contributed by atoms with van der Waals surface area (Å²) in [6, 6.07) is 38.0. The highest BCUT2D eigenvalue weighted by molar-refractivity contribution is 6.25. The lowest BCUT2D eigenvalue weighted by Crippen LogP contribution is -2.04. The van der Waals surface area contributed by atoms with Gasteiger partial charge in [-0.15, -0.1) is 0 Å². The number of hydrogen-bond donors (Lipinski definition) is 1. The van der Waals surface area contributed by atoms with Gasteiger partial charge in [0.15, 0.2) is 0 Å². The van der Waals surface area contributed by atoms with Gasteiger partial charge in [0.1, 0.15) is 0 Å². The Bertz CT molecular complexity index is 3320. The molecule has 0 saturated heterocycles. The monoisotopic (exact) mass is 668 g/mol. The molecule has 12 rings (SSSR count). The second-order valence-corrected chi connectivity index (χ2v) is 14.1. The normalized spacial score (nSPS) is 13.6. The summed E-state index contributed by atoms with van der Waals surface area (Å²) in [4.78, 5) is 4.53. The van der Waals surface area contributed by atoms with Gasteiger partial charge < -0.3 is 23.7 Å². The quantitative estimate of drug-likeness (QED) is 0.191. The number of aromatic nitrogens is 5. The molecular weight excluding hydrogens is 637 g/mol. The van der Waals surface area contributed by atoms with Crippen LogP contribution in [0.1, 0.15) is 28.9 Å². The van der Waals surface area contributed by atoms with Crippen LogP contribution in [0.5, 0.6) is 0 Å². The molecule has 6 heterocycles. The molecule has 0 amide bonds. The third-order valence-electron chi connectivity index (χ3n) is 11.7. The predicted octanol–water partition coefficient (Wildman–Crippen LogP) is 10.7. The van der Waals surface area contributed by atoms with Crippen LogP contribution in [0.3, 0.4) is 0 Å². The molecule has 2 N–H and O–H groups in total. The standard InChI is InChI=1S/C46H32N6/c1-27-28-10-2-6-14-34(28)49(33(27)22-24-47)39-18-20-41-45-43(39)30-12-4-8-16-36(30)51(45)42-21-19-40(44-31-13-5-9-17-37(31)52(41)46(42)44)50-35-15-7-3-11-29(35)32-26-48-25-23-38(32)50/h3-9,11-26H,2,10,47H2,1H3/b24-22-. The molecule has 11 aromatic rings. The molecule has 0 radical (unpaired) electrons. The van der Waals surface area contributed by atoms with Gasteiger partial charge in [0.25, 0.3) is 0 Å². The fourth-order valence-electron chi connectivity index (χ4n) is 9.68. The first-order chi connectivity index (χ1) is 25.7. The van der Waals surface area contributed by atoms with Gasteiger partial charge in [-0.1, -0.05) is 60.7 Å². The topological polar surface area (TPSA) is 57.6 Å². The summed E-state index contributed by atoms with van der Waals surface area (Å²) in [5.41, 5.74) is 23.1. The van der Waals surface area contributed by atoms with Crippen LogP contribution < -0.4 is 5.73 Å². The highest BCUT2D eigenvalue weighted by Gasteiger charge is 2.27. The number of hydrogen-bond acceptors (Lipinski definition) is 2. The minimum absolute atomic E-state index is 1.03. The smallest absolute Gasteiger partial charge is 0.0804 e. The van der Waals surface area contributed by atoms with Gasteiger partial charge in [0.2, 0.25) is 0 Å². The van der Waals surface area contributed by atoms with Crippen LogP contribution >= 0.6 is 0 Å². The molecule has 0 unspecified atom stereocenters. The average molecular weight is 669 g/mol. The fourth-order valence-corrected chi connectivity index (χ4v) is 9.68. The molecule has 1 aliphatic rings. The summed E-state index contributed by atoms with van der Waals surface area (Å²) in [5, 5.41) is 7.31. The van der Waals surface area contributed by atoms with E-state index < -0.39 is 0 Å². The molecule has 0 saturated carbocycles. The van der Waals surface area contributed by atoms with Crippen molar-refractivity contribution in [3.8, 4) is 11.4 Å². The van der Waals surface area contributed by atoms with E-state index >= 15 is 0 Å². The highest BCUT2D eigenvalue weighted by atomic mass is 15.1. The van der Waals surface area contributed by atoms with Gasteiger partial charge in [0.05, 0.1) is 61.2 Å². The van der Waals surface area contributed by atoms with Crippen LogP contribution in [-0.4, -0.2) is 22.9 Å². The van der Waals surface area contributed by atoms with Crippen molar-refractivity contribution in [1.82, 2.24) is 22.9 Å². The molecule has 0 atom stereocenters. The number of benzene rings is 5. The molecule has 6 heteroatoms. The SMILES string of the molecule is Cc1c2c(n(-c3ccc4c5c3c3ccccc3n5c3ccc(-n5c6ccccc6c6cnccc65)c5c6ccccc6n4c53)c1/C=C\N)C=CCC2. The Hall–Kier alpha value is -6.79. The van der Waals surface area contributed by atoms with Crippen LogP contribution in [0.15, 0.2) is 128 Å². The summed E-state index contributed by atoms with van der Waals surface area (Å²) in [7, 11) is 0. The summed E-state index contributed by atoms with van der Waals surface area (Å²) >= 11 is 0. The maximum absolute atomic E-state index is 6.12. The predicted molar refractivity (Wildman–Crippen MR) is 216 cm³/mol. The maximum Gasteiger partial charge on any atom is 0.0804 e. The fraction of sp³-hybridized carbons (Fsp3) is 0.0652. The zero-order chi connectivity index (χ0) is 34.2. The Balaban J connectivity index is 1.30. The van der Waals surface area contributed by atoms with Crippen molar-refractivity contribution in [3.63, 3.8) is 0 Å². The van der Waals surface area contributed by atoms with Gasteiger partial charge in [0, 0.05) is 50.4 Å². The van der Waals surface area contributed by atoms with E-state index in [1.54, 1.807) is 6.20 Å². The van der Waals surface area contributed by atoms with Gasteiger partial charge >= 0.3 is 0 Å². The van der Waals surface area contributed by atoms with Gasteiger partial charge in [-0.05, 0) is 97.8 Å². The van der Waals surface area contributed by atoms with E-state index in [0.717, 1.165) is 29.4 Å². The summed E-state index contributed by atoms with van der Waals surface area (Å²) in [5.74, 6) is 0. The molecule has 5 aromatic carbocycles. The van der Waals surface area contributed by atoms with E-state index in [9.17, 15) is 0 Å². The van der Waals surface area contributed by atoms with Crippen molar-refractivity contribution in [1.29, 1.82) is 0 Å². The second kappa shape index (κ2) is 9.92. The van der Waals surface area contributed by atoms with Gasteiger partial charge in [-0.25, -0.2) is 0 Å². The lowest BCUT2D eigenvalue weighted by Gasteiger charge is -2.17. The molecule has 0 spiro atoms. The van der Waals surface area contributed by atoms with E-state index in [1.807, 2.05) is 12.4 Å². The lowest BCUT2D eigenvalue weighted by molar-refractivity contribution is 0.955. The van der Waals surface area contributed by atoms with Crippen molar-refractivity contribution < 1.29 is 0 Å². The Morgan fingerprint density at radius 2 is 1.21 bits per heavy atom. The molecular formula is C46H32N6. The molecule has 0 fully saturated rings. The molecule has 52 heavy (non-hydrogen) atoms. The van der Waals surface area contributed by atoms with Crippen LogP contribution in [0.2, 0.25) is 0 Å². The molecule has 1 aliphatic carbocycles. The number of para-hydroxylation sites is 3.